The lowest BCUT2D eigenvalue weighted by Gasteiger charge is -2.11. The summed E-state index contributed by atoms with van der Waals surface area (Å²) >= 11 is 0. The lowest BCUT2D eigenvalue weighted by Crippen LogP contribution is -2.38. The maximum absolute atomic E-state index is 12.2. The summed E-state index contributed by atoms with van der Waals surface area (Å²) in [5.41, 5.74) is 0.695. The Balaban J connectivity index is 1.89. The number of hydrogen-bond donors (Lipinski definition) is 2. The fraction of sp³-hybridized carbons (Fsp3) is 0.412. The van der Waals surface area contributed by atoms with Gasteiger partial charge < -0.3 is 19.8 Å². The first-order valence-corrected chi connectivity index (χ1v) is 8.15. The van der Waals surface area contributed by atoms with Crippen LogP contribution in [-0.2, 0) is 13.0 Å². The van der Waals surface area contributed by atoms with E-state index in [-0.39, 0.29) is 12.4 Å². The zero-order valence-electron chi connectivity index (χ0n) is 14.3. The van der Waals surface area contributed by atoms with Crippen molar-refractivity contribution in [2.45, 2.75) is 26.1 Å². The van der Waals surface area contributed by atoms with Crippen molar-refractivity contribution in [3.63, 3.8) is 0 Å². The topological polar surface area (TPSA) is 71.7 Å². The minimum Gasteiger partial charge on any atom is -0.469 e. The van der Waals surface area contributed by atoms with Crippen LogP contribution >= 0.6 is 0 Å². The van der Waals surface area contributed by atoms with Crippen LogP contribution in [0.15, 0.2) is 46.1 Å². The molecule has 0 saturated carbocycles. The molecule has 2 heterocycles. The number of guanidine groups is 1. The molecule has 0 unspecified atom stereocenters. The van der Waals surface area contributed by atoms with Gasteiger partial charge in [0.25, 0.3) is 0 Å². The van der Waals surface area contributed by atoms with Crippen molar-refractivity contribution in [2.75, 3.05) is 19.7 Å². The van der Waals surface area contributed by atoms with E-state index in [4.69, 9.17) is 4.42 Å². The summed E-state index contributed by atoms with van der Waals surface area (Å²) < 4.78 is 46.5. The molecule has 0 atom stereocenters. The molecule has 2 rings (SSSR count). The highest BCUT2D eigenvalue weighted by molar-refractivity contribution is 5.79. The molecule has 2 aromatic rings. The molecule has 6 nitrogen and oxygen atoms in total. The molecule has 0 bridgehead atoms. The van der Waals surface area contributed by atoms with Gasteiger partial charge in [-0.15, -0.1) is 0 Å². The number of nitrogens with one attached hydrogen (secondary N) is 2. The lowest BCUT2D eigenvalue weighted by atomic mass is 10.3. The van der Waals surface area contributed by atoms with Crippen LogP contribution in [0.25, 0.3) is 0 Å². The third-order valence-corrected chi connectivity index (χ3v) is 3.19. The molecular weight excluding hydrogens is 349 g/mol. The van der Waals surface area contributed by atoms with E-state index in [1.165, 1.54) is 12.3 Å². The molecule has 0 spiro atoms. The molecule has 9 heteroatoms. The van der Waals surface area contributed by atoms with Crippen LogP contribution in [0.5, 0.6) is 5.88 Å². The molecule has 0 radical (unpaired) electrons. The average molecular weight is 370 g/mol. The maximum Gasteiger partial charge on any atom is 0.422 e. The van der Waals surface area contributed by atoms with Gasteiger partial charge in [-0.25, -0.2) is 9.98 Å². The second-order valence-electron chi connectivity index (χ2n) is 5.36. The van der Waals surface area contributed by atoms with Gasteiger partial charge in [0.1, 0.15) is 5.76 Å². The first-order valence-electron chi connectivity index (χ1n) is 8.15. The Hall–Kier alpha value is -2.71. The summed E-state index contributed by atoms with van der Waals surface area (Å²) in [6.45, 7) is 2.17. The smallest absolute Gasteiger partial charge is 0.422 e. The Morgan fingerprint density at radius 2 is 2.15 bits per heavy atom. The minimum atomic E-state index is -4.40. The van der Waals surface area contributed by atoms with Crippen molar-refractivity contribution in [3.05, 3.63) is 48.0 Å². The van der Waals surface area contributed by atoms with E-state index in [0.717, 1.165) is 5.76 Å². The summed E-state index contributed by atoms with van der Waals surface area (Å²) in [6, 6.07) is 6.85. The van der Waals surface area contributed by atoms with Gasteiger partial charge in [-0.3, -0.25) is 0 Å². The quantitative estimate of drug-likeness (QED) is 0.552. The monoisotopic (exact) mass is 370 g/mol. The molecular formula is C17H21F3N4O2. The van der Waals surface area contributed by atoms with Crippen molar-refractivity contribution in [2.24, 2.45) is 4.99 Å². The van der Waals surface area contributed by atoms with E-state index in [1.54, 1.807) is 12.3 Å². The van der Waals surface area contributed by atoms with Gasteiger partial charge in [0, 0.05) is 31.8 Å². The molecule has 0 aliphatic heterocycles. The SMILES string of the molecule is CCNC(=NCc1ccnc(OCC(F)(F)F)c1)NCCc1ccco1. The molecule has 0 saturated heterocycles. The van der Waals surface area contributed by atoms with Gasteiger partial charge in [0.15, 0.2) is 12.6 Å². The second-order valence-corrected chi connectivity index (χ2v) is 5.36. The van der Waals surface area contributed by atoms with Gasteiger partial charge >= 0.3 is 6.18 Å². The molecule has 0 aromatic carbocycles. The third-order valence-electron chi connectivity index (χ3n) is 3.19. The number of nitrogens with zero attached hydrogens (tertiary/aromatic N) is 2. The molecule has 0 fully saturated rings. The second kappa shape index (κ2) is 9.69. The van der Waals surface area contributed by atoms with Crippen LogP contribution in [0, 0.1) is 0 Å². The number of ether oxygens (including phenoxy) is 1. The number of aromatic nitrogens is 1. The van der Waals surface area contributed by atoms with Crippen molar-refractivity contribution < 1.29 is 22.3 Å². The van der Waals surface area contributed by atoms with Crippen LogP contribution in [-0.4, -0.2) is 36.8 Å². The van der Waals surface area contributed by atoms with Crippen LogP contribution < -0.4 is 15.4 Å². The van der Waals surface area contributed by atoms with Crippen LogP contribution in [0.2, 0.25) is 0 Å². The number of hydrogen-bond acceptors (Lipinski definition) is 4. The zero-order valence-corrected chi connectivity index (χ0v) is 14.3. The van der Waals surface area contributed by atoms with Gasteiger partial charge in [0.2, 0.25) is 5.88 Å². The minimum absolute atomic E-state index is 0.0780. The normalized spacial score (nSPS) is 12.1. The predicted octanol–water partition coefficient (Wildman–Crippen LogP) is 2.91. The standard InChI is InChI=1S/C17H21F3N4O2/c1-2-21-16(23-8-6-14-4-3-9-25-14)24-11-13-5-7-22-15(10-13)26-12-17(18,19)20/h3-5,7,9-10H,2,6,8,11-12H2,1H3,(H2,21,23,24). The number of pyridine rings is 1. The van der Waals surface area contributed by atoms with Gasteiger partial charge in [0.05, 0.1) is 12.8 Å². The summed E-state index contributed by atoms with van der Waals surface area (Å²) in [4.78, 5) is 8.18. The summed E-state index contributed by atoms with van der Waals surface area (Å²) in [5, 5.41) is 6.28. The Morgan fingerprint density at radius 1 is 1.31 bits per heavy atom. The van der Waals surface area contributed by atoms with E-state index in [9.17, 15) is 13.2 Å². The molecule has 2 N–H and O–H groups in total. The van der Waals surface area contributed by atoms with Gasteiger partial charge in [-0.1, -0.05) is 0 Å². The zero-order chi connectivity index (χ0) is 18.8. The summed E-state index contributed by atoms with van der Waals surface area (Å²) in [5.74, 6) is 1.40. The van der Waals surface area contributed by atoms with E-state index < -0.39 is 12.8 Å². The Labute approximate surface area is 149 Å². The highest BCUT2D eigenvalue weighted by Crippen LogP contribution is 2.17. The van der Waals surface area contributed by atoms with Crippen LogP contribution in [0.3, 0.4) is 0 Å². The van der Waals surface area contributed by atoms with Crippen molar-refractivity contribution in [1.29, 1.82) is 0 Å². The van der Waals surface area contributed by atoms with Crippen molar-refractivity contribution in [1.82, 2.24) is 15.6 Å². The number of aliphatic imine (C=N–C) groups is 1. The van der Waals surface area contributed by atoms with Gasteiger partial charge in [-0.05, 0) is 30.7 Å². The Kier molecular flexibility index (Phi) is 7.31. The Bertz CT molecular complexity index is 688. The molecule has 0 aliphatic rings. The number of furan rings is 1. The number of rotatable bonds is 8. The predicted molar refractivity (Wildman–Crippen MR) is 91.0 cm³/mol. The third kappa shape index (κ3) is 7.45. The molecule has 142 valence electrons. The summed E-state index contributed by atoms with van der Waals surface area (Å²) in [6.07, 6.45) is -0.668. The summed E-state index contributed by atoms with van der Waals surface area (Å²) in [7, 11) is 0. The fourth-order valence-electron chi connectivity index (χ4n) is 2.05. The number of halogens is 3. The lowest BCUT2D eigenvalue weighted by molar-refractivity contribution is -0.154. The largest absolute Gasteiger partial charge is 0.469 e. The van der Waals surface area contributed by atoms with Gasteiger partial charge in [-0.2, -0.15) is 13.2 Å². The Morgan fingerprint density at radius 3 is 2.85 bits per heavy atom. The van der Waals surface area contributed by atoms with Crippen LogP contribution in [0.4, 0.5) is 13.2 Å². The molecule has 2 aromatic heterocycles. The molecule has 0 aliphatic carbocycles. The average Bonchev–Trinajstić information content (AvgIpc) is 3.11. The van der Waals surface area contributed by atoms with Crippen molar-refractivity contribution in [3.8, 4) is 5.88 Å². The van der Waals surface area contributed by atoms with E-state index in [2.05, 4.69) is 25.3 Å². The fourth-order valence-corrected chi connectivity index (χ4v) is 2.05. The highest BCUT2D eigenvalue weighted by Gasteiger charge is 2.28. The first-order chi connectivity index (χ1) is 12.5. The van der Waals surface area contributed by atoms with E-state index in [1.807, 2.05) is 19.1 Å². The van der Waals surface area contributed by atoms with Crippen molar-refractivity contribution >= 4 is 5.96 Å². The molecule has 26 heavy (non-hydrogen) atoms. The highest BCUT2D eigenvalue weighted by atomic mass is 19.4. The van der Waals surface area contributed by atoms with E-state index in [0.29, 0.717) is 31.0 Å². The van der Waals surface area contributed by atoms with E-state index >= 15 is 0 Å². The maximum atomic E-state index is 12.2. The van der Waals surface area contributed by atoms with Crippen LogP contribution in [0.1, 0.15) is 18.2 Å². The first kappa shape index (κ1) is 19.6. The number of alkyl halides is 3. The molecule has 0 amide bonds.